The Kier molecular flexibility index (Phi) is 4.79. The predicted octanol–water partition coefficient (Wildman–Crippen LogP) is 2.82. The summed E-state index contributed by atoms with van der Waals surface area (Å²) in [4.78, 5) is 13.8. The lowest BCUT2D eigenvalue weighted by Crippen LogP contribution is -2.31. The van der Waals surface area contributed by atoms with Crippen LogP contribution in [0.1, 0.15) is 5.56 Å². The molecule has 2 amide bonds. The van der Waals surface area contributed by atoms with Crippen LogP contribution in [0, 0.1) is 0 Å². The zero-order valence-electron chi connectivity index (χ0n) is 12.2. The molecule has 0 aliphatic carbocycles. The predicted molar refractivity (Wildman–Crippen MR) is 84.7 cm³/mol. The fourth-order valence-electron chi connectivity index (χ4n) is 1.92. The number of anilines is 2. The number of amides is 2. The normalized spacial score (nSPS) is 10.0. The Morgan fingerprint density at radius 3 is 2.71 bits per heavy atom. The third-order valence-electron chi connectivity index (χ3n) is 3.16. The molecule has 0 heterocycles. The number of rotatable bonds is 4. The van der Waals surface area contributed by atoms with Gasteiger partial charge < -0.3 is 15.8 Å². The molecule has 0 aliphatic heterocycles. The number of ether oxygens (including phenoxy) is 1. The van der Waals surface area contributed by atoms with Crippen LogP contribution >= 0.6 is 0 Å². The Labute approximate surface area is 124 Å². The fraction of sp³-hybridized carbons (Fsp3) is 0.188. The zero-order valence-corrected chi connectivity index (χ0v) is 12.2. The van der Waals surface area contributed by atoms with Crippen molar-refractivity contribution < 1.29 is 9.53 Å². The van der Waals surface area contributed by atoms with Gasteiger partial charge in [-0.1, -0.05) is 18.2 Å². The van der Waals surface area contributed by atoms with Crippen LogP contribution in [0.5, 0.6) is 5.75 Å². The van der Waals surface area contributed by atoms with E-state index in [1.54, 1.807) is 25.1 Å². The zero-order chi connectivity index (χ0) is 15.2. The maximum absolute atomic E-state index is 12.3. The SMILES string of the molecule is COc1cccc(NC(=O)N(C)c2cccc(CN)c2)c1. The molecule has 5 nitrogen and oxygen atoms in total. The largest absolute Gasteiger partial charge is 0.497 e. The Morgan fingerprint density at radius 2 is 2.00 bits per heavy atom. The molecule has 2 aromatic rings. The molecule has 0 saturated heterocycles. The van der Waals surface area contributed by atoms with E-state index in [2.05, 4.69) is 5.32 Å². The smallest absolute Gasteiger partial charge is 0.326 e. The van der Waals surface area contributed by atoms with Crippen molar-refractivity contribution in [2.45, 2.75) is 6.54 Å². The van der Waals surface area contributed by atoms with Crippen molar-refractivity contribution in [3.8, 4) is 5.75 Å². The van der Waals surface area contributed by atoms with Gasteiger partial charge >= 0.3 is 6.03 Å². The summed E-state index contributed by atoms with van der Waals surface area (Å²) in [5.41, 5.74) is 8.07. The lowest BCUT2D eigenvalue weighted by molar-refractivity contribution is 0.258. The number of nitrogens with one attached hydrogen (secondary N) is 1. The average Bonchev–Trinajstić information content (AvgIpc) is 2.54. The molecule has 0 spiro atoms. The van der Waals surface area contributed by atoms with Crippen LogP contribution in [0.2, 0.25) is 0 Å². The van der Waals surface area contributed by atoms with Crippen LogP contribution in [-0.2, 0) is 6.54 Å². The number of nitrogens with two attached hydrogens (primary N) is 1. The van der Waals surface area contributed by atoms with E-state index in [-0.39, 0.29) is 6.03 Å². The molecular formula is C16H19N3O2. The molecule has 21 heavy (non-hydrogen) atoms. The number of urea groups is 1. The monoisotopic (exact) mass is 285 g/mol. The van der Waals surface area contributed by atoms with Crippen molar-refractivity contribution in [2.24, 2.45) is 5.73 Å². The van der Waals surface area contributed by atoms with E-state index in [1.807, 2.05) is 42.5 Å². The van der Waals surface area contributed by atoms with Crippen molar-refractivity contribution in [3.63, 3.8) is 0 Å². The van der Waals surface area contributed by atoms with Gasteiger partial charge in [0.15, 0.2) is 0 Å². The summed E-state index contributed by atoms with van der Waals surface area (Å²) in [6.07, 6.45) is 0. The van der Waals surface area contributed by atoms with Gasteiger partial charge in [0.1, 0.15) is 5.75 Å². The van der Waals surface area contributed by atoms with Crippen LogP contribution in [0.4, 0.5) is 16.2 Å². The van der Waals surface area contributed by atoms with E-state index in [9.17, 15) is 4.79 Å². The summed E-state index contributed by atoms with van der Waals surface area (Å²) < 4.78 is 5.13. The highest BCUT2D eigenvalue weighted by Crippen LogP contribution is 2.19. The summed E-state index contributed by atoms with van der Waals surface area (Å²) in [7, 11) is 3.30. The Hall–Kier alpha value is -2.53. The third kappa shape index (κ3) is 3.73. The number of carbonyl (C=O) groups excluding carboxylic acids is 1. The minimum absolute atomic E-state index is 0.225. The molecule has 110 valence electrons. The van der Waals surface area contributed by atoms with E-state index in [0.29, 0.717) is 18.0 Å². The summed E-state index contributed by atoms with van der Waals surface area (Å²) in [5, 5.41) is 2.83. The first-order chi connectivity index (χ1) is 10.1. The number of benzene rings is 2. The molecule has 0 bridgehead atoms. The van der Waals surface area contributed by atoms with Crippen molar-refractivity contribution >= 4 is 17.4 Å². The number of hydrogen-bond acceptors (Lipinski definition) is 3. The van der Waals surface area contributed by atoms with Gasteiger partial charge in [0, 0.05) is 31.0 Å². The van der Waals surface area contributed by atoms with Crippen molar-refractivity contribution in [3.05, 3.63) is 54.1 Å². The third-order valence-corrected chi connectivity index (χ3v) is 3.16. The number of carbonyl (C=O) groups is 1. The molecule has 0 unspecified atom stereocenters. The Morgan fingerprint density at radius 1 is 1.24 bits per heavy atom. The summed E-state index contributed by atoms with van der Waals surface area (Å²) >= 11 is 0. The molecular weight excluding hydrogens is 266 g/mol. The molecule has 2 rings (SSSR count). The van der Waals surface area contributed by atoms with Crippen LogP contribution in [0.15, 0.2) is 48.5 Å². The molecule has 5 heteroatoms. The van der Waals surface area contributed by atoms with Crippen LogP contribution in [0.3, 0.4) is 0 Å². The van der Waals surface area contributed by atoms with Crippen LogP contribution in [-0.4, -0.2) is 20.2 Å². The van der Waals surface area contributed by atoms with Gasteiger partial charge in [-0.2, -0.15) is 0 Å². The van der Waals surface area contributed by atoms with Gasteiger partial charge in [-0.3, -0.25) is 4.90 Å². The first-order valence-corrected chi connectivity index (χ1v) is 6.62. The minimum Gasteiger partial charge on any atom is -0.497 e. The van der Waals surface area contributed by atoms with Gasteiger partial charge in [-0.15, -0.1) is 0 Å². The van der Waals surface area contributed by atoms with Gasteiger partial charge in [0.25, 0.3) is 0 Å². The van der Waals surface area contributed by atoms with Crippen LogP contribution in [0.25, 0.3) is 0 Å². The van der Waals surface area contributed by atoms with E-state index < -0.39 is 0 Å². The fourth-order valence-corrected chi connectivity index (χ4v) is 1.92. The van der Waals surface area contributed by atoms with Gasteiger partial charge in [-0.05, 0) is 29.8 Å². The maximum atomic E-state index is 12.3. The van der Waals surface area contributed by atoms with Crippen molar-refractivity contribution in [1.82, 2.24) is 0 Å². The molecule has 3 N–H and O–H groups in total. The molecule has 0 fully saturated rings. The van der Waals surface area contributed by atoms with Gasteiger partial charge in [0.05, 0.1) is 7.11 Å². The Balaban J connectivity index is 2.11. The van der Waals surface area contributed by atoms with E-state index in [1.165, 1.54) is 0 Å². The van der Waals surface area contributed by atoms with Gasteiger partial charge in [-0.25, -0.2) is 4.79 Å². The molecule has 2 aromatic carbocycles. The van der Waals surface area contributed by atoms with Crippen molar-refractivity contribution in [1.29, 1.82) is 0 Å². The average molecular weight is 285 g/mol. The first-order valence-electron chi connectivity index (χ1n) is 6.62. The summed E-state index contributed by atoms with van der Waals surface area (Å²) in [5.74, 6) is 0.695. The molecule has 0 aromatic heterocycles. The summed E-state index contributed by atoms with van der Waals surface area (Å²) in [6, 6.07) is 14.6. The molecule has 0 atom stereocenters. The second kappa shape index (κ2) is 6.76. The summed E-state index contributed by atoms with van der Waals surface area (Å²) in [6.45, 7) is 0.444. The van der Waals surface area contributed by atoms with Gasteiger partial charge in [0.2, 0.25) is 0 Å². The lowest BCUT2D eigenvalue weighted by Gasteiger charge is -2.19. The quantitative estimate of drug-likeness (QED) is 0.907. The van der Waals surface area contributed by atoms with E-state index >= 15 is 0 Å². The standard InChI is InChI=1S/C16H19N3O2/c1-19(14-7-3-5-12(9-14)11-17)16(20)18-13-6-4-8-15(10-13)21-2/h3-10H,11,17H2,1-2H3,(H,18,20). The van der Waals surface area contributed by atoms with Crippen LogP contribution < -0.4 is 20.7 Å². The topological polar surface area (TPSA) is 67.6 Å². The Bertz CT molecular complexity index is 628. The number of hydrogen-bond donors (Lipinski definition) is 2. The molecule has 0 saturated carbocycles. The second-order valence-electron chi connectivity index (χ2n) is 4.60. The highest BCUT2D eigenvalue weighted by molar-refractivity contribution is 6.01. The maximum Gasteiger partial charge on any atom is 0.326 e. The number of nitrogens with zero attached hydrogens (tertiary/aromatic N) is 1. The van der Waals surface area contributed by atoms with Crippen molar-refractivity contribution in [2.75, 3.05) is 24.4 Å². The minimum atomic E-state index is -0.225. The molecule has 0 radical (unpaired) electrons. The highest BCUT2D eigenvalue weighted by Gasteiger charge is 2.11. The first kappa shape index (κ1) is 14.9. The number of methoxy groups -OCH3 is 1. The lowest BCUT2D eigenvalue weighted by atomic mass is 10.2. The molecule has 0 aliphatic rings. The van der Waals surface area contributed by atoms with E-state index in [0.717, 1.165) is 11.3 Å². The van der Waals surface area contributed by atoms with E-state index in [4.69, 9.17) is 10.5 Å². The highest BCUT2D eigenvalue weighted by atomic mass is 16.5. The second-order valence-corrected chi connectivity index (χ2v) is 4.60.